The van der Waals surface area contributed by atoms with E-state index in [9.17, 15) is 24.6 Å². The number of hydrogen-bond donors (Lipinski definition) is 4. The number of amides is 3. The van der Waals surface area contributed by atoms with Crippen molar-refractivity contribution in [3.8, 4) is 11.5 Å². The summed E-state index contributed by atoms with van der Waals surface area (Å²) in [5.41, 5.74) is 1.39. The molecule has 3 aromatic rings. The number of nitrogens with one attached hydrogen (secondary N) is 2. The van der Waals surface area contributed by atoms with Crippen LogP contribution >= 0.6 is 0 Å². The van der Waals surface area contributed by atoms with Crippen LogP contribution in [0, 0.1) is 11.8 Å². The fraction of sp³-hybridized carbons (Fsp3) is 0.222. The number of benzene rings is 3. The zero-order valence-corrected chi connectivity index (χ0v) is 18.6. The molecule has 6 rings (SSSR count). The minimum absolute atomic E-state index is 0.136. The SMILES string of the molecule is O=C1[C@H]2[C@@H](Cc3ccc(O)c(O)c3)N[C@]3(C(=O)Nc4ccccc43)[C@H]2C(=O)N1Cc1ccccc1. The van der Waals surface area contributed by atoms with Gasteiger partial charge in [-0.15, -0.1) is 0 Å². The Kier molecular flexibility index (Phi) is 4.69. The number of carbonyl (C=O) groups excluding carboxylic acids is 3. The number of anilines is 1. The lowest BCUT2D eigenvalue weighted by Gasteiger charge is -2.29. The largest absolute Gasteiger partial charge is 0.504 e. The number of phenolic OH excluding ortho intramolecular Hbond substituents is 2. The molecule has 4 N–H and O–H groups in total. The van der Waals surface area contributed by atoms with Crippen molar-refractivity contribution in [2.75, 3.05) is 5.32 Å². The zero-order valence-electron chi connectivity index (χ0n) is 18.6. The molecule has 2 saturated heterocycles. The van der Waals surface area contributed by atoms with Crippen molar-refractivity contribution in [3.05, 3.63) is 89.5 Å². The van der Waals surface area contributed by atoms with E-state index < -0.39 is 23.4 Å². The summed E-state index contributed by atoms with van der Waals surface area (Å²) in [6.45, 7) is 0.136. The molecular formula is C27H23N3O5. The van der Waals surface area contributed by atoms with Crippen molar-refractivity contribution in [1.82, 2.24) is 10.2 Å². The van der Waals surface area contributed by atoms with E-state index in [0.29, 0.717) is 16.8 Å². The van der Waals surface area contributed by atoms with Crippen LogP contribution in [0.3, 0.4) is 0 Å². The van der Waals surface area contributed by atoms with Gasteiger partial charge in [0.2, 0.25) is 17.7 Å². The van der Waals surface area contributed by atoms with Crippen LogP contribution in [0.5, 0.6) is 11.5 Å². The second kappa shape index (κ2) is 7.68. The van der Waals surface area contributed by atoms with E-state index in [2.05, 4.69) is 10.6 Å². The monoisotopic (exact) mass is 469 g/mol. The van der Waals surface area contributed by atoms with Gasteiger partial charge in [0, 0.05) is 17.3 Å². The average Bonchev–Trinajstić information content (AvgIpc) is 3.43. The van der Waals surface area contributed by atoms with Gasteiger partial charge in [-0.2, -0.15) is 0 Å². The minimum atomic E-state index is -1.37. The molecule has 0 aliphatic carbocycles. The number of aromatic hydroxyl groups is 2. The standard InChI is InChI=1S/C27H23N3O5/c31-20-11-10-16(13-21(20)32)12-19-22-23(25(34)30(24(22)33)14-15-6-2-1-3-7-15)27(29-19)17-8-4-5-9-18(17)28-26(27)35/h1-11,13,19,22-23,29,31-32H,12,14H2,(H,28,35)/t19-,22+,23-,27+/m1/s1. The number of phenols is 2. The average molecular weight is 469 g/mol. The first-order valence-corrected chi connectivity index (χ1v) is 11.5. The molecule has 0 bridgehead atoms. The molecule has 1 spiro atoms. The van der Waals surface area contributed by atoms with Crippen LogP contribution in [0.25, 0.3) is 0 Å². The third-order valence-electron chi connectivity index (χ3n) is 7.39. The lowest BCUT2D eigenvalue weighted by atomic mass is 9.76. The van der Waals surface area contributed by atoms with Crippen LogP contribution < -0.4 is 10.6 Å². The van der Waals surface area contributed by atoms with Gasteiger partial charge in [-0.25, -0.2) is 0 Å². The first-order valence-electron chi connectivity index (χ1n) is 11.5. The molecule has 0 aromatic heterocycles. The van der Waals surface area contributed by atoms with Crippen LogP contribution in [0.4, 0.5) is 5.69 Å². The summed E-state index contributed by atoms with van der Waals surface area (Å²) in [7, 11) is 0. The topological polar surface area (TPSA) is 119 Å². The second-order valence-electron chi connectivity index (χ2n) is 9.34. The third-order valence-corrected chi connectivity index (χ3v) is 7.39. The van der Waals surface area contributed by atoms with Crippen LogP contribution in [0.1, 0.15) is 16.7 Å². The van der Waals surface area contributed by atoms with E-state index in [1.165, 1.54) is 17.0 Å². The lowest BCUT2D eigenvalue weighted by Crippen LogP contribution is -2.53. The first kappa shape index (κ1) is 21.4. The molecule has 3 aliphatic heterocycles. The summed E-state index contributed by atoms with van der Waals surface area (Å²) in [4.78, 5) is 42.3. The van der Waals surface area contributed by atoms with Gasteiger partial charge in [0.05, 0.1) is 18.4 Å². The lowest BCUT2D eigenvalue weighted by molar-refractivity contribution is -0.143. The molecule has 3 heterocycles. The highest BCUT2D eigenvalue weighted by molar-refractivity contribution is 6.15. The minimum Gasteiger partial charge on any atom is -0.504 e. The highest BCUT2D eigenvalue weighted by Crippen LogP contribution is 2.53. The van der Waals surface area contributed by atoms with Crippen molar-refractivity contribution in [2.24, 2.45) is 11.8 Å². The van der Waals surface area contributed by atoms with Crippen LogP contribution in [-0.4, -0.2) is 38.9 Å². The summed E-state index contributed by atoms with van der Waals surface area (Å²) in [6.07, 6.45) is 0.282. The highest BCUT2D eigenvalue weighted by Gasteiger charge is 2.70. The number of nitrogens with zero attached hydrogens (tertiary/aromatic N) is 1. The molecule has 3 aliphatic rings. The van der Waals surface area contributed by atoms with Crippen LogP contribution in [0.15, 0.2) is 72.8 Å². The van der Waals surface area contributed by atoms with E-state index in [1.807, 2.05) is 48.5 Å². The summed E-state index contributed by atoms with van der Waals surface area (Å²) in [5.74, 6) is -3.23. The van der Waals surface area contributed by atoms with E-state index in [-0.39, 0.29) is 42.2 Å². The molecule has 2 fully saturated rings. The molecule has 4 atom stereocenters. The molecule has 35 heavy (non-hydrogen) atoms. The maximum atomic E-state index is 13.8. The van der Waals surface area contributed by atoms with E-state index in [4.69, 9.17) is 0 Å². The Morgan fingerprint density at radius 3 is 2.34 bits per heavy atom. The van der Waals surface area contributed by atoms with Gasteiger partial charge in [-0.05, 0) is 35.7 Å². The van der Waals surface area contributed by atoms with Crippen molar-refractivity contribution >= 4 is 23.4 Å². The van der Waals surface area contributed by atoms with E-state index in [0.717, 1.165) is 5.56 Å². The van der Waals surface area contributed by atoms with Gasteiger partial charge in [-0.3, -0.25) is 24.6 Å². The Bertz CT molecular complexity index is 1370. The summed E-state index contributed by atoms with van der Waals surface area (Å²) >= 11 is 0. The van der Waals surface area contributed by atoms with Gasteiger partial charge in [0.15, 0.2) is 11.5 Å². The smallest absolute Gasteiger partial charge is 0.250 e. The number of para-hydroxylation sites is 1. The van der Waals surface area contributed by atoms with Crippen LogP contribution in [-0.2, 0) is 32.9 Å². The molecule has 8 heteroatoms. The van der Waals surface area contributed by atoms with Gasteiger partial charge >= 0.3 is 0 Å². The summed E-state index contributed by atoms with van der Waals surface area (Å²) in [5, 5.41) is 25.9. The van der Waals surface area contributed by atoms with Gasteiger partial charge in [0.25, 0.3) is 0 Å². The highest BCUT2D eigenvalue weighted by atomic mass is 16.3. The second-order valence-corrected chi connectivity index (χ2v) is 9.34. The van der Waals surface area contributed by atoms with Gasteiger partial charge in [-0.1, -0.05) is 54.6 Å². The Labute approximate surface area is 201 Å². The first-order chi connectivity index (χ1) is 16.9. The van der Waals surface area contributed by atoms with Crippen molar-refractivity contribution < 1.29 is 24.6 Å². The number of carbonyl (C=O) groups is 3. The van der Waals surface area contributed by atoms with Crippen LogP contribution in [0.2, 0.25) is 0 Å². The van der Waals surface area contributed by atoms with Gasteiger partial charge in [0.1, 0.15) is 5.54 Å². The number of fused-ring (bicyclic) bond motifs is 4. The number of likely N-dealkylation sites (tertiary alicyclic amines) is 1. The Hall–Kier alpha value is -4.17. The van der Waals surface area contributed by atoms with Crippen molar-refractivity contribution in [1.29, 1.82) is 0 Å². The molecule has 3 aromatic carbocycles. The predicted molar refractivity (Wildman–Crippen MR) is 126 cm³/mol. The number of rotatable bonds is 4. The third kappa shape index (κ3) is 3.06. The maximum Gasteiger partial charge on any atom is 0.250 e. The fourth-order valence-electron chi connectivity index (χ4n) is 5.86. The summed E-state index contributed by atoms with van der Waals surface area (Å²) in [6, 6.07) is 20.4. The molecule has 0 unspecified atom stereocenters. The number of hydrogen-bond acceptors (Lipinski definition) is 6. The normalized spacial score (nSPS) is 26.8. The van der Waals surface area contributed by atoms with Crippen molar-refractivity contribution in [3.63, 3.8) is 0 Å². The quantitative estimate of drug-likeness (QED) is 0.344. The van der Waals surface area contributed by atoms with Crippen molar-refractivity contribution in [2.45, 2.75) is 24.5 Å². The number of imide groups is 1. The van der Waals surface area contributed by atoms with E-state index in [1.54, 1.807) is 12.1 Å². The molecule has 0 saturated carbocycles. The molecule has 176 valence electrons. The maximum absolute atomic E-state index is 13.8. The molecule has 8 nitrogen and oxygen atoms in total. The predicted octanol–water partition coefficient (Wildman–Crippen LogP) is 2.26. The molecule has 3 amide bonds. The Balaban J connectivity index is 1.44. The molecular weight excluding hydrogens is 446 g/mol. The zero-order chi connectivity index (χ0) is 24.3. The Morgan fingerprint density at radius 2 is 1.57 bits per heavy atom. The molecule has 0 radical (unpaired) electrons. The Morgan fingerprint density at radius 1 is 0.829 bits per heavy atom. The van der Waals surface area contributed by atoms with Gasteiger partial charge < -0.3 is 15.5 Å². The fourth-order valence-corrected chi connectivity index (χ4v) is 5.86. The summed E-state index contributed by atoms with van der Waals surface area (Å²) < 4.78 is 0. The van der Waals surface area contributed by atoms with E-state index >= 15 is 0 Å².